The van der Waals surface area contributed by atoms with Gasteiger partial charge in [-0.25, -0.2) is 4.98 Å². The van der Waals surface area contributed by atoms with Crippen LogP contribution in [0.1, 0.15) is 29.2 Å². The van der Waals surface area contributed by atoms with Gasteiger partial charge in [0.2, 0.25) is 0 Å². The second-order valence-corrected chi connectivity index (χ2v) is 9.35. The Morgan fingerprint density at radius 2 is 1.97 bits per heavy atom. The summed E-state index contributed by atoms with van der Waals surface area (Å²) in [6.07, 6.45) is 5.56. The number of benzene rings is 1. The maximum Gasteiger partial charge on any atom is 0.257 e. The van der Waals surface area contributed by atoms with Crippen LogP contribution in [0.15, 0.2) is 42.7 Å². The minimum atomic E-state index is -0.197. The molecule has 1 amide bonds. The molecular weight excluding hydrogens is 460 g/mol. The fourth-order valence-electron chi connectivity index (χ4n) is 5.29. The summed E-state index contributed by atoms with van der Waals surface area (Å²) in [5.74, 6) is 0.542. The van der Waals surface area contributed by atoms with Crippen LogP contribution in [0.4, 0.5) is 5.82 Å². The monoisotopic (exact) mass is 490 g/mol. The third-order valence-corrected chi connectivity index (χ3v) is 7.48. The highest BCUT2D eigenvalue weighted by molar-refractivity contribution is 6.01. The first-order chi connectivity index (χ1) is 17.6. The Labute approximate surface area is 208 Å². The summed E-state index contributed by atoms with van der Waals surface area (Å²) < 4.78 is 20.7. The number of rotatable bonds is 7. The van der Waals surface area contributed by atoms with Crippen LogP contribution in [-0.2, 0) is 14.2 Å². The van der Waals surface area contributed by atoms with Crippen LogP contribution >= 0.6 is 0 Å². The molecule has 188 valence electrons. The molecule has 2 aliphatic rings. The molecule has 1 saturated heterocycles. The van der Waals surface area contributed by atoms with E-state index >= 15 is 0 Å². The van der Waals surface area contributed by atoms with Crippen molar-refractivity contribution in [1.82, 2.24) is 24.5 Å². The average molecular weight is 491 g/mol. The quantitative estimate of drug-likeness (QED) is 0.411. The van der Waals surface area contributed by atoms with E-state index < -0.39 is 0 Å². The van der Waals surface area contributed by atoms with Crippen LogP contribution in [0.25, 0.3) is 27.8 Å². The number of hydrogen-bond acceptors (Lipinski definition) is 7. The standard InChI is InChI=1S/C26H30N6O4/c1-27-24-10-19(29-25-16(11-28-32(24)25)26(33)30-18-8-9-22(18)34-2)17-12-31(20-7-5-4-6-15(17)20)21-13-36-14-23(21)35-3/h4-7,10-12,18,21-23,27H,8-9,13-14H2,1-3H3,(H,30,33)/t18-,21+,22-,23+/m0/s1. The van der Waals surface area contributed by atoms with Crippen LogP contribution in [0.3, 0.4) is 0 Å². The van der Waals surface area contributed by atoms with Gasteiger partial charge in [0, 0.05) is 50.0 Å². The maximum absolute atomic E-state index is 13.2. The van der Waals surface area contributed by atoms with Gasteiger partial charge in [0.05, 0.1) is 43.3 Å². The number of carbonyl (C=O) groups is 1. The third-order valence-electron chi connectivity index (χ3n) is 7.48. The molecule has 1 saturated carbocycles. The van der Waals surface area contributed by atoms with Gasteiger partial charge >= 0.3 is 0 Å². The fraction of sp³-hybridized carbons (Fsp3) is 0.423. The molecule has 0 radical (unpaired) electrons. The van der Waals surface area contributed by atoms with Crippen LogP contribution in [-0.4, -0.2) is 77.8 Å². The summed E-state index contributed by atoms with van der Waals surface area (Å²) in [6, 6.07) is 10.3. The van der Waals surface area contributed by atoms with Crippen molar-refractivity contribution in [2.45, 2.75) is 37.1 Å². The molecule has 4 heterocycles. The smallest absolute Gasteiger partial charge is 0.257 e. The predicted molar refractivity (Wildman–Crippen MR) is 135 cm³/mol. The number of anilines is 1. The van der Waals surface area contributed by atoms with Crippen molar-refractivity contribution in [2.75, 3.05) is 39.8 Å². The van der Waals surface area contributed by atoms with Crippen molar-refractivity contribution < 1.29 is 19.0 Å². The van der Waals surface area contributed by atoms with Gasteiger partial charge in [-0.2, -0.15) is 9.61 Å². The maximum atomic E-state index is 13.2. The fourth-order valence-corrected chi connectivity index (χ4v) is 5.29. The Morgan fingerprint density at radius 3 is 2.72 bits per heavy atom. The average Bonchev–Trinajstić information content (AvgIpc) is 3.62. The van der Waals surface area contributed by atoms with Gasteiger partial charge in [-0.3, -0.25) is 4.79 Å². The third kappa shape index (κ3) is 3.64. The van der Waals surface area contributed by atoms with Crippen molar-refractivity contribution in [3.05, 3.63) is 48.3 Å². The Bertz CT molecular complexity index is 1430. The minimum Gasteiger partial charge on any atom is -0.379 e. The second kappa shape index (κ2) is 9.20. The van der Waals surface area contributed by atoms with E-state index in [1.807, 2.05) is 25.2 Å². The number of aromatic nitrogens is 4. The largest absolute Gasteiger partial charge is 0.379 e. The van der Waals surface area contributed by atoms with Crippen molar-refractivity contribution in [3.63, 3.8) is 0 Å². The molecule has 0 bridgehead atoms. The lowest BCUT2D eigenvalue weighted by Gasteiger charge is -2.35. The lowest BCUT2D eigenvalue weighted by Crippen LogP contribution is -2.51. The zero-order valence-corrected chi connectivity index (χ0v) is 20.6. The Morgan fingerprint density at radius 1 is 1.14 bits per heavy atom. The molecule has 0 spiro atoms. The number of hydrogen-bond donors (Lipinski definition) is 2. The predicted octanol–water partition coefficient (Wildman–Crippen LogP) is 2.89. The molecule has 4 aromatic rings. The van der Waals surface area contributed by atoms with Gasteiger partial charge in [-0.05, 0) is 18.9 Å². The number of carbonyl (C=O) groups excluding carboxylic acids is 1. The molecular formula is C26H30N6O4. The topological polar surface area (TPSA) is 104 Å². The highest BCUT2D eigenvalue weighted by Crippen LogP contribution is 2.36. The van der Waals surface area contributed by atoms with Crippen molar-refractivity contribution in [3.8, 4) is 11.3 Å². The molecule has 4 atom stereocenters. The summed E-state index contributed by atoms with van der Waals surface area (Å²) in [7, 11) is 5.23. The number of nitrogens with one attached hydrogen (secondary N) is 2. The van der Waals surface area contributed by atoms with E-state index in [1.165, 1.54) is 0 Å². The minimum absolute atomic E-state index is 0.00439. The van der Waals surface area contributed by atoms with E-state index in [9.17, 15) is 4.79 Å². The van der Waals surface area contributed by atoms with Crippen molar-refractivity contribution >= 4 is 28.3 Å². The first kappa shape index (κ1) is 23.0. The van der Waals surface area contributed by atoms with Crippen LogP contribution in [0.5, 0.6) is 0 Å². The van der Waals surface area contributed by atoms with Crippen molar-refractivity contribution in [2.24, 2.45) is 0 Å². The number of fused-ring (bicyclic) bond motifs is 2. The number of methoxy groups -OCH3 is 2. The molecule has 3 aromatic heterocycles. The molecule has 1 aliphatic carbocycles. The van der Waals surface area contributed by atoms with Crippen molar-refractivity contribution in [1.29, 1.82) is 0 Å². The van der Waals surface area contributed by atoms with E-state index in [1.54, 1.807) is 24.9 Å². The van der Waals surface area contributed by atoms with E-state index in [-0.39, 0.29) is 30.2 Å². The van der Waals surface area contributed by atoms with Crippen LogP contribution in [0.2, 0.25) is 0 Å². The van der Waals surface area contributed by atoms with Gasteiger partial charge < -0.3 is 29.4 Å². The summed E-state index contributed by atoms with van der Waals surface area (Å²) in [5, 5.41) is 11.8. The summed E-state index contributed by atoms with van der Waals surface area (Å²) >= 11 is 0. The molecule has 36 heavy (non-hydrogen) atoms. The summed E-state index contributed by atoms with van der Waals surface area (Å²) in [6.45, 7) is 1.15. The molecule has 0 unspecified atom stereocenters. The lowest BCUT2D eigenvalue weighted by atomic mass is 9.89. The summed E-state index contributed by atoms with van der Waals surface area (Å²) in [4.78, 5) is 18.1. The van der Waals surface area contributed by atoms with Gasteiger partial charge in [0.1, 0.15) is 17.5 Å². The van der Waals surface area contributed by atoms with Gasteiger partial charge in [-0.1, -0.05) is 18.2 Å². The molecule has 10 nitrogen and oxygen atoms in total. The van der Waals surface area contributed by atoms with E-state index in [0.29, 0.717) is 24.4 Å². The van der Waals surface area contributed by atoms with E-state index in [0.717, 1.165) is 40.8 Å². The molecule has 2 N–H and O–H groups in total. The second-order valence-electron chi connectivity index (χ2n) is 9.35. The van der Waals surface area contributed by atoms with E-state index in [2.05, 4.69) is 38.6 Å². The Kier molecular flexibility index (Phi) is 5.87. The first-order valence-electron chi connectivity index (χ1n) is 12.2. The number of para-hydroxylation sites is 1. The van der Waals surface area contributed by atoms with Crippen LogP contribution < -0.4 is 10.6 Å². The van der Waals surface area contributed by atoms with Gasteiger partial charge in [0.25, 0.3) is 5.91 Å². The Hall–Kier alpha value is -3.47. The first-order valence-corrected chi connectivity index (χ1v) is 12.2. The Balaban J connectivity index is 1.45. The lowest BCUT2D eigenvalue weighted by molar-refractivity contribution is 0.00732. The number of ether oxygens (including phenoxy) is 3. The highest BCUT2D eigenvalue weighted by Gasteiger charge is 2.34. The van der Waals surface area contributed by atoms with Gasteiger partial charge in [-0.15, -0.1) is 0 Å². The zero-order chi connectivity index (χ0) is 24.8. The summed E-state index contributed by atoms with van der Waals surface area (Å²) in [5.41, 5.74) is 3.74. The molecule has 1 aromatic carbocycles. The van der Waals surface area contributed by atoms with Crippen LogP contribution in [0, 0.1) is 0 Å². The highest BCUT2D eigenvalue weighted by atomic mass is 16.5. The van der Waals surface area contributed by atoms with Gasteiger partial charge in [0.15, 0.2) is 5.65 Å². The number of nitrogens with zero attached hydrogens (tertiary/aromatic N) is 4. The van der Waals surface area contributed by atoms with E-state index in [4.69, 9.17) is 19.2 Å². The normalized spacial score (nSPS) is 23.8. The molecule has 2 fully saturated rings. The molecule has 6 rings (SSSR count). The zero-order valence-electron chi connectivity index (χ0n) is 20.6. The molecule has 10 heteroatoms. The number of amides is 1. The SMILES string of the molecule is CNc1cc(-c2cn([C@@H]3COC[C@H]3OC)c3ccccc23)nc2c(C(=O)N[C@H]3CC[C@@H]3OC)cnn12. The molecule has 1 aliphatic heterocycles.